The van der Waals surface area contributed by atoms with Crippen molar-refractivity contribution in [2.24, 2.45) is 5.92 Å². The first kappa shape index (κ1) is 20.0. The van der Waals surface area contributed by atoms with E-state index in [9.17, 15) is 18.4 Å². The number of carbonyl (C=O) groups excluding carboxylic acids is 2. The van der Waals surface area contributed by atoms with Gasteiger partial charge in [0.15, 0.2) is 0 Å². The number of rotatable bonds is 5. The van der Waals surface area contributed by atoms with Crippen molar-refractivity contribution in [2.75, 3.05) is 13.1 Å². The van der Waals surface area contributed by atoms with Crippen molar-refractivity contribution in [2.45, 2.75) is 32.2 Å². The second kappa shape index (κ2) is 8.50. The summed E-state index contributed by atoms with van der Waals surface area (Å²) in [5.74, 6) is -1.05. The lowest BCUT2D eigenvalue weighted by Crippen LogP contribution is -2.52. The summed E-state index contributed by atoms with van der Waals surface area (Å²) in [6.07, 6.45) is 0.217. The molecule has 2 aromatic carbocycles. The third-order valence-corrected chi connectivity index (χ3v) is 5.22. The molecular formula is C22H24F2N2O2. The van der Waals surface area contributed by atoms with Crippen molar-refractivity contribution in [3.8, 4) is 0 Å². The summed E-state index contributed by atoms with van der Waals surface area (Å²) in [6, 6.07) is 11.1. The van der Waals surface area contributed by atoms with Crippen molar-refractivity contribution in [3.63, 3.8) is 0 Å². The summed E-state index contributed by atoms with van der Waals surface area (Å²) < 4.78 is 26.5. The summed E-state index contributed by atoms with van der Waals surface area (Å²) in [5, 5.41) is 2.78. The molecule has 2 unspecified atom stereocenters. The van der Waals surface area contributed by atoms with Gasteiger partial charge in [0.05, 0.1) is 0 Å². The summed E-state index contributed by atoms with van der Waals surface area (Å²) in [4.78, 5) is 27.2. The molecule has 1 aliphatic heterocycles. The molecule has 0 radical (unpaired) electrons. The minimum absolute atomic E-state index is 0.0908. The van der Waals surface area contributed by atoms with Crippen LogP contribution in [0.2, 0.25) is 0 Å². The predicted molar refractivity (Wildman–Crippen MR) is 102 cm³/mol. The van der Waals surface area contributed by atoms with E-state index in [0.29, 0.717) is 18.7 Å². The van der Waals surface area contributed by atoms with Gasteiger partial charge in [-0.05, 0) is 47.2 Å². The smallest absolute Gasteiger partial charge is 0.247 e. The molecule has 2 amide bonds. The van der Waals surface area contributed by atoms with E-state index >= 15 is 0 Å². The van der Waals surface area contributed by atoms with Crippen LogP contribution >= 0.6 is 0 Å². The van der Waals surface area contributed by atoms with E-state index in [2.05, 4.69) is 5.32 Å². The van der Waals surface area contributed by atoms with Gasteiger partial charge in [0.2, 0.25) is 11.8 Å². The maximum absolute atomic E-state index is 13.3. The first-order valence-corrected chi connectivity index (χ1v) is 9.45. The molecule has 1 fully saturated rings. The maximum atomic E-state index is 13.3. The fraction of sp³-hybridized carbons (Fsp3) is 0.364. The van der Waals surface area contributed by atoms with Gasteiger partial charge in [0, 0.05) is 19.5 Å². The highest BCUT2D eigenvalue weighted by molar-refractivity contribution is 5.90. The number of halogens is 2. The summed E-state index contributed by atoms with van der Waals surface area (Å²) in [5.41, 5.74) is 1.47. The Morgan fingerprint density at radius 2 is 1.64 bits per heavy atom. The van der Waals surface area contributed by atoms with Crippen LogP contribution in [-0.4, -0.2) is 29.8 Å². The molecule has 148 valence electrons. The number of nitrogens with one attached hydrogen (secondary N) is 1. The molecule has 6 heteroatoms. The zero-order valence-corrected chi connectivity index (χ0v) is 16.0. The topological polar surface area (TPSA) is 49.4 Å². The molecule has 1 heterocycles. The molecule has 0 bridgehead atoms. The van der Waals surface area contributed by atoms with Crippen molar-refractivity contribution < 1.29 is 18.4 Å². The van der Waals surface area contributed by atoms with E-state index in [1.165, 1.54) is 36.4 Å². The van der Waals surface area contributed by atoms with Crippen LogP contribution in [0.1, 0.15) is 43.4 Å². The zero-order valence-electron chi connectivity index (χ0n) is 16.0. The molecule has 1 saturated heterocycles. The third kappa shape index (κ3) is 4.38. The van der Waals surface area contributed by atoms with Gasteiger partial charge in [-0.1, -0.05) is 38.1 Å². The zero-order chi connectivity index (χ0) is 20.3. The molecule has 4 nitrogen and oxygen atoms in total. The molecule has 0 aromatic heterocycles. The van der Waals surface area contributed by atoms with Crippen LogP contribution in [0.15, 0.2) is 48.5 Å². The molecule has 1 aliphatic rings. The Balaban J connectivity index is 1.84. The van der Waals surface area contributed by atoms with Crippen LogP contribution in [0.25, 0.3) is 0 Å². The van der Waals surface area contributed by atoms with E-state index in [1.807, 2.05) is 13.8 Å². The van der Waals surface area contributed by atoms with Crippen LogP contribution in [0.5, 0.6) is 0 Å². The molecule has 0 spiro atoms. The van der Waals surface area contributed by atoms with Gasteiger partial charge in [0.1, 0.15) is 17.7 Å². The average molecular weight is 386 g/mol. The molecule has 2 atom stereocenters. The van der Waals surface area contributed by atoms with Crippen molar-refractivity contribution in [1.29, 1.82) is 0 Å². The van der Waals surface area contributed by atoms with Gasteiger partial charge in [-0.25, -0.2) is 8.78 Å². The Labute approximate surface area is 163 Å². The molecule has 1 N–H and O–H groups in total. The number of piperazine rings is 1. The highest BCUT2D eigenvalue weighted by Gasteiger charge is 2.35. The molecule has 28 heavy (non-hydrogen) atoms. The summed E-state index contributed by atoms with van der Waals surface area (Å²) in [7, 11) is 0. The molecule has 2 aromatic rings. The monoisotopic (exact) mass is 386 g/mol. The quantitative estimate of drug-likeness (QED) is 0.850. The Hall–Kier alpha value is -2.76. The van der Waals surface area contributed by atoms with E-state index < -0.39 is 11.9 Å². The minimum Gasteiger partial charge on any atom is -0.352 e. The fourth-order valence-electron chi connectivity index (χ4n) is 3.67. The second-order valence-corrected chi connectivity index (χ2v) is 7.44. The SMILES string of the molecule is CC(C)C(CC(=O)N1CCNC(=O)C1c1ccc(F)cc1)c1ccc(F)cc1. The highest BCUT2D eigenvalue weighted by atomic mass is 19.1. The predicted octanol–water partition coefficient (Wildman–Crippen LogP) is 3.79. The van der Waals surface area contributed by atoms with Crippen LogP contribution in [-0.2, 0) is 9.59 Å². The lowest BCUT2D eigenvalue weighted by molar-refractivity contribution is -0.144. The lowest BCUT2D eigenvalue weighted by atomic mass is 9.85. The van der Waals surface area contributed by atoms with Crippen molar-refractivity contribution >= 4 is 11.8 Å². The fourth-order valence-corrected chi connectivity index (χ4v) is 3.67. The van der Waals surface area contributed by atoms with E-state index in [-0.39, 0.29) is 35.9 Å². The molecule has 0 saturated carbocycles. The van der Waals surface area contributed by atoms with E-state index in [4.69, 9.17) is 0 Å². The number of amides is 2. The van der Waals surface area contributed by atoms with Crippen LogP contribution < -0.4 is 5.32 Å². The maximum Gasteiger partial charge on any atom is 0.247 e. The first-order chi connectivity index (χ1) is 13.4. The standard InChI is InChI=1S/C22H24F2N2O2/c1-14(2)19(15-3-7-17(23)8-4-15)13-20(27)26-12-11-25-22(28)21(26)16-5-9-18(24)10-6-16/h3-10,14,19,21H,11-13H2,1-2H3,(H,25,28). The summed E-state index contributed by atoms with van der Waals surface area (Å²) >= 11 is 0. The van der Waals surface area contributed by atoms with Crippen LogP contribution in [0, 0.1) is 17.6 Å². The number of nitrogens with zero attached hydrogens (tertiary/aromatic N) is 1. The second-order valence-electron chi connectivity index (χ2n) is 7.44. The number of benzene rings is 2. The van der Waals surface area contributed by atoms with Gasteiger partial charge >= 0.3 is 0 Å². The van der Waals surface area contributed by atoms with Gasteiger partial charge < -0.3 is 10.2 Å². The van der Waals surface area contributed by atoms with Crippen molar-refractivity contribution in [1.82, 2.24) is 10.2 Å². The number of hydrogen-bond donors (Lipinski definition) is 1. The average Bonchev–Trinajstić information content (AvgIpc) is 2.67. The highest BCUT2D eigenvalue weighted by Crippen LogP contribution is 2.31. The Kier molecular flexibility index (Phi) is 6.07. The van der Waals surface area contributed by atoms with E-state index in [1.54, 1.807) is 17.0 Å². The molecule has 3 rings (SSSR count). The van der Waals surface area contributed by atoms with Crippen LogP contribution in [0.4, 0.5) is 8.78 Å². The summed E-state index contributed by atoms with van der Waals surface area (Å²) in [6.45, 7) is 4.80. The van der Waals surface area contributed by atoms with Gasteiger partial charge in [0.25, 0.3) is 0 Å². The normalized spacial score (nSPS) is 18.1. The van der Waals surface area contributed by atoms with Gasteiger partial charge in [-0.15, -0.1) is 0 Å². The molecular weight excluding hydrogens is 362 g/mol. The Morgan fingerprint density at radius 3 is 2.21 bits per heavy atom. The molecule has 0 aliphatic carbocycles. The number of hydrogen-bond acceptors (Lipinski definition) is 2. The van der Waals surface area contributed by atoms with Crippen LogP contribution in [0.3, 0.4) is 0 Å². The minimum atomic E-state index is -0.775. The Bertz CT molecular complexity index is 835. The Morgan fingerprint density at radius 1 is 1.07 bits per heavy atom. The first-order valence-electron chi connectivity index (χ1n) is 9.45. The van der Waals surface area contributed by atoms with Gasteiger partial charge in [-0.2, -0.15) is 0 Å². The lowest BCUT2D eigenvalue weighted by Gasteiger charge is -2.36. The van der Waals surface area contributed by atoms with Crippen molar-refractivity contribution in [3.05, 3.63) is 71.3 Å². The number of carbonyl (C=O) groups is 2. The third-order valence-electron chi connectivity index (χ3n) is 5.22. The van der Waals surface area contributed by atoms with E-state index in [0.717, 1.165) is 5.56 Å². The van der Waals surface area contributed by atoms with Gasteiger partial charge in [-0.3, -0.25) is 9.59 Å². The largest absolute Gasteiger partial charge is 0.352 e.